The molecule has 2 heterocycles. The molecule has 12 nitrogen and oxygen atoms in total. The first-order valence-corrected chi connectivity index (χ1v) is 8.06. The third-order valence-electron chi connectivity index (χ3n) is 4.38. The molecule has 26 heavy (non-hydrogen) atoms. The Balaban J connectivity index is 2.18. The first-order chi connectivity index (χ1) is 12.2. The smallest absolute Gasteiger partial charge is 0.217 e. The molecule has 2 rings (SSSR count). The van der Waals surface area contributed by atoms with Gasteiger partial charge in [-0.15, -0.1) is 0 Å². The zero-order valence-corrected chi connectivity index (χ0v) is 14.0. The summed E-state index contributed by atoms with van der Waals surface area (Å²) in [6.07, 6.45) is -13.7. The highest BCUT2D eigenvalue weighted by atomic mass is 16.7. The van der Waals surface area contributed by atoms with E-state index in [0.717, 1.165) is 6.92 Å². The van der Waals surface area contributed by atoms with Crippen LogP contribution in [0.5, 0.6) is 0 Å². The van der Waals surface area contributed by atoms with Crippen molar-refractivity contribution in [3.05, 3.63) is 0 Å². The van der Waals surface area contributed by atoms with Crippen molar-refractivity contribution < 1.29 is 54.8 Å². The van der Waals surface area contributed by atoms with Crippen molar-refractivity contribution in [2.75, 3.05) is 13.2 Å². The molecule has 2 aliphatic heterocycles. The summed E-state index contributed by atoms with van der Waals surface area (Å²) in [6, 6.07) is -1.29. The Kier molecular flexibility index (Phi) is 7.27. The zero-order chi connectivity index (χ0) is 19.6. The summed E-state index contributed by atoms with van der Waals surface area (Å²) in [4.78, 5) is 11.4. The van der Waals surface area contributed by atoms with Crippen LogP contribution in [0.2, 0.25) is 0 Å². The molecule has 152 valence electrons. The number of aliphatic hydroxyl groups is 7. The monoisotopic (exact) mass is 383 g/mol. The van der Waals surface area contributed by atoms with Gasteiger partial charge in [0.05, 0.1) is 13.2 Å². The molecule has 10 atom stereocenters. The molecule has 0 aromatic carbocycles. The summed E-state index contributed by atoms with van der Waals surface area (Å²) >= 11 is 0. The Morgan fingerprint density at radius 3 is 2.00 bits per heavy atom. The van der Waals surface area contributed by atoms with Gasteiger partial charge in [-0.25, -0.2) is 0 Å². The van der Waals surface area contributed by atoms with Crippen LogP contribution in [0.3, 0.4) is 0 Å². The Hall–Kier alpha value is -0.930. The molecule has 1 amide bonds. The van der Waals surface area contributed by atoms with Crippen molar-refractivity contribution in [3.63, 3.8) is 0 Å². The SMILES string of the molecule is CC(=O)N[C@H]1[C@H](O[C@@H]2[C@@H](O)[C@H](O)[C@@H](CO)O[C@H]2O)O[C@H](CO)[C@@H](O)[C@@H]1O. The Morgan fingerprint density at radius 2 is 1.46 bits per heavy atom. The van der Waals surface area contributed by atoms with Crippen LogP contribution >= 0.6 is 0 Å². The van der Waals surface area contributed by atoms with Gasteiger partial charge in [0, 0.05) is 6.92 Å². The first kappa shape index (κ1) is 21.4. The molecule has 0 spiro atoms. The standard InChI is InChI=1S/C14H25NO11/c1-4(18)15-7-10(21)8(19)6(3-17)25-14(7)26-12-11(22)9(20)5(2-16)24-13(12)23/h5-14,16-17,19-23H,2-3H2,1H3,(H,15,18)/t5-,6-,7-,8-,9-,10-,11+,12-,13-,14+/m1/s1. The van der Waals surface area contributed by atoms with Gasteiger partial charge in [-0.05, 0) is 0 Å². The second kappa shape index (κ2) is 8.84. The van der Waals surface area contributed by atoms with Crippen molar-refractivity contribution in [2.45, 2.75) is 68.3 Å². The Bertz CT molecular complexity index is 480. The van der Waals surface area contributed by atoms with Gasteiger partial charge < -0.3 is 55.3 Å². The fourth-order valence-electron chi connectivity index (χ4n) is 2.96. The van der Waals surface area contributed by atoms with Crippen molar-refractivity contribution in [2.24, 2.45) is 0 Å². The maximum Gasteiger partial charge on any atom is 0.217 e. The van der Waals surface area contributed by atoms with Gasteiger partial charge in [-0.2, -0.15) is 0 Å². The van der Waals surface area contributed by atoms with E-state index >= 15 is 0 Å². The summed E-state index contributed by atoms with van der Waals surface area (Å²) < 4.78 is 15.7. The highest BCUT2D eigenvalue weighted by Crippen LogP contribution is 2.28. The summed E-state index contributed by atoms with van der Waals surface area (Å²) in [5.41, 5.74) is 0. The number of hydrogen-bond donors (Lipinski definition) is 8. The van der Waals surface area contributed by atoms with Crippen molar-refractivity contribution in [1.82, 2.24) is 5.32 Å². The van der Waals surface area contributed by atoms with Crippen LogP contribution in [0.25, 0.3) is 0 Å². The first-order valence-electron chi connectivity index (χ1n) is 8.06. The highest BCUT2D eigenvalue weighted by Gasteiger charge is 2.50. The fraction of sp³-hybridized carbons (Fsp3) is 0.929. The van der Waals surface area contributed by atoms with Crippen LogP contribution in [0.4, 0.5) is 0 Å². The maximum absolute atomic E-state index is 11.4. The van der Waals surface area contributed by atoms with Gasteiger partial charge in [-0.1, -0.05) is 0 Å². The number of ether oxygens (including phenoxy) is 3. The van der Waals surface area contributed by atoms with Crippen LogP contribution in [0, 0.1) is 0 Å². The molecule has 2 aliphatic rings. The maximum atomic E-state index is 11.4. The second-order valence-electron chi connectivity index (χ2n) is 6.26. The van der Waals surface area contributed by atoms with E-state index in [4.69, 9.17) is 19.3 Å². The predicted molar refractivity (Wildman–Crippen MR) is 80.2 cm³/mol. The molecular formula is C14H25NO11. The summed E-state index contributed by atoms with van der Waals surface area (Å²) in [6.45, 7) is -0.183. The lowest BCUT2D eigenvalue weighted by molar-refractivity contribution is -0.348. The lowest BCUT2D eigenvalue weighted by atomic mass is 9.96. The minimum atomic E-state index is -1.76. The van der Waals surface area contributed by atoms with Crippen molar-refractivity contribution >= 4 is 5.91 Å². The van der Waals surface area contributed by atoms with Crippen LogP contribution in [-0.2, 0) is 19.0 Å². The number of aliphatic hydroxyl groups excluding tert-OH is 7. The Labute approximate surface area is 148 Å². The van der Waals surface area contributed by atoms with E-state index in [-0.39, 0.29) is 0 Å². The molecule has 0 aromatic rings. The minimum Gasteiger partial charge on any atom is -0.394 e. The molecule has 0 aliphatic carbocycles. The predicted octanol–water partition coefficient (Wildman–Crippen LogP) is -5.25. The molecule has 0 unspecified atom stereocenters. The van der Waals surface area contributed by atoms with E-state index in [1.807, 2.05) is 0 Å². The molecule has 12 heteroatoms. The number of carbonyl (C=O) groups is 1. The van der Waals surface area contributed by atoms with E-state index in [1.54, 1.807) is 0 Å². The molecule has 2 saturated heterocycles. The van der Waals surface area contributed by atoms with Crippen LogP contribution in [0.1, 0.15) is 6.92 Å². The third kappa shape index (κ3) is 4.31. The Morgan fingerprint density at radius 1 is 0.923 bits per heavy atom. The van der Waals surface area contributed by atoms with Crippen LogP contribution in [0.15, 0.2) is 0 Å². The summed E-state index contributed by atoms with van der Waals surface area (Å²) in [7, 11) is 0. The van der Waals surface area contributed by atoms with E-state index in [9.17, 15) is 35.4 Å². The van der Waals surface area contributed by atoms with Gasteiger partial charge >= 0.3 is 0 Å². The molecule has 0 radical (unpaired) electrons. The van der Waals surface area contributed by atoms with Gasteiger partial charge in [0.1, 0.15) is 48.8 Å². The molecule has 2 fully saturated rings. The van der Waals surface area contributed by atoms with Gasteiger partial charge in [0.25, 0.3) is 0 Å². The molecule has 0 saturated carbocycles. The minimum absolute atomic E-state index is 0.581. The lowest BCUT2D eigenvalue weighted by Crippen LogP contribution is -2.67. The van der Waals surface area contributed by atoms with Crippen molar-refractivity contribution in [1.29, 1.82) is 0 Å². The summed E-state index contributed by atoms with van der Waals surface area (Å²) in [5, 5.41) is 70.7. The van der Waals surface area contributed by atoms with E-state index in [1.165, 1.54) is 0 Å². The molecule has 0 aromatic heterocycles. The van der Waals surface area contributed by atoms with E-state index in [0.29, 0.717) is 0 Å². The fourth-order valence-corrected chi connectivity index (χ4v) is 2.96. The summed E-state index contributed by atoms with van der Waals surface area (Å²) in [5.74, 6) is -0.581. The average Bonchev–Trinajstić information content (AvgIpc) is 2.60. The number of hydrogen-bond acceptors (Lipinski definition) is 11. The topological polar surface area (TPSA) is 198 Å². The third-order valence-corrected chi connectivity index (χ3v) is 4.38. The van der Waals surface area contributed by atoms with Gasteiger partial charge in [0.2, 0.25) is 5.91 Å². The number of carbonyl (C=O) groups excluding carboxylic acids is 1. The molecule has 0 bridgehead atoms. The largest absolute Gasteiger partial charge is 0.394 e. The normalized spacial score (nSPS) is 46.8. The van der Waals surface area contributed by atoms with E-state index in [2.05, 4.69) is 5.32 Å². The molecule has 8 N–H and O–H groups in total. The lowest BCUT2D eigenvalue weighted by Gasteiger charge is -2.46. The highest BCUT2D eigenvalue weighted by molar-refractivity contribution is 5.73. The number of nitrogens with one attached hydrogen (secondary N) is 1. The molecular weight excluding hydrogens is 358 g/mol. The van der Waals surface area contributed by atoms with E-state index < -0.39 is 80.5 Å². The quantitative estimate of drug-likeness (QED) is 0.226. The van der Waals surface area contributed by atoms with Crippen molar-refractivity contribution in [3.8, 4) is 0 Å². The van der Waals surface area contributed by atoms with Crippen LogP contribution < -0.4 is 5.32 Å². The van der Waals surface area contributed by atoms with Gasteiger partial charge in [-0.3, -0.25) is 4.79 Å². The second-order valence-corrected chi connectivity index (χ2v) is 6.26. The number of rotatable bonds is 5. The van der Waals surface area contributed by atoms with Gasteiger partial charge in [0.15, 0.2) is 12.6 Å². The average molecular weight is 383 g/mol. The van der Waals surface area contributed by atoms with Crippen LogP contribution in [-0.4, -0.2) is 116 Å². The zero-order valence-electron chi connectivity index (χ0n) is 14.0. The number of amides is 1.